The fourth-order valence-corrected chi connectivity index (χ4v) is 3.59. The van der Waals surface area contributed by atoms with Gasteiger partial charge in [-0.3, -0.25) is 9.48 Å². The second kappa shape index (κ2) is 6.04. The first-order chi connectivity index (χ1) is 12.0. The maximum atomic E-state index is 12.8. The third-order valence-corrected chi connectivity index (χ3v) is 4.80. The number of ether oxygens (including phenoxy) is 1. The minimum absolute atomic E-state index is 0.231. The average molecular weight is 398 g/mol. The van der Waals surface area contributed by atoms with Gasteiger partial charge in [0.1, 0.15) is 12.4 Å². The SMILES string of the molecule is Cc1cc(Br)ccc1NC(=O)c1nn(C)c2c1COc1ccccc1-2. The van der Waals surface area contributed by atoms with E-state index < -0.39 is 0 Å². The van der Waals surface area contributed by atoms with Gasteiger partial charge in [-0.25, -0.2) is 0 Å². The number of hydrogen-bond acceptors (Lipinski definition) is 3. The van der Waals surface area contributed by atoms with Gasteiger partial charge >= 0.3 is 0 Å². The Bertz CT molecular complexity index is 994. The van der Waals surface area contributed by atoms with Crippen molar-refractivity contribution < 1.29 is 9.53 Å². The first kappa shape index (κ1) is 15.9. The molecule has 0 bridgehead atoms. The van der Waals surface area contributed by atoms with Crippen LogP contribution in [-0.4, -0.2) is 15.7 Å². The van der Waals surface area contributed by atoms with Crippen molar-refractivity contribution in [2.24, 2.45) is 7.05 Å². The van der Waals surface area contributed by atoms with Crippen LogP contribution < -0.4 is 10.1 Å². The molecule has 126 valence electrons. The number of benzene rings is 2. The minimum Gasteiger partial charge on any atom is -0.488 e. The van der Waals surface area contributed by atoms with Crippen LogP contribution >= 0.6 is 15.9 Å². The van der Waals surface area contributed by atoms with Gasteiger partial charge in [-0.05, 0) is 42.8 Å². The number of para-hydroxylation sites is 1. The number of aromatic nitrogens is 2. The average Bonchev–Trinajstić information content (AvgIpc) is 2.95. The van der Waals surface area contributed by atoms with Gasteiger partial charge in [-0.2, -0.15) is 5.10 Å². The number of amides is 1. The molecule has 4 rings (SSSR count). The van der Waals surface area contributed by atoms with Gasteiger partial charge < -0.3 is 10.1 Å². The third-order valence-electron chi connectivity index (χ3n) is 4.31. The fourth-order valence-electron chi connectivity index (χ4n) is 3.11. The lowest BCUT2D eigenvalue weighted by molar-refractivity contribution is 0.101. The lowest BCUT2D eigenvalue weighted by Crippen LogP contribution is -2.17. The Balaban J connectivity index is 1.72. The molecule has 1 aromatic heterocycles. The Morgan fingerprint density at radius 2 is 2.08 bits per heavy atom. The fraction of sp³-hybridized carbons (Fsp3) is 0.158. The highest BCUT2D eigenvalue weighted by atomic mass is 79.9. The number of fused-ring (bicyclic) bond motifs is 3. The van der Waals surface area contributed by atoms with E-state index in [1.807, 2.05) is 56.4 Å². The molecule has 0 saturated heterocycles. The van der Waals surface area contributed by atoms with Crippen LogP contribution in [0.4, 0.5) is 5.69 Å². The molecule has 3 aromatic rings. The van der Waals surface area contributed by atoms with Crippen molar-refractivity contribution in [3.8, 4) is 17.0 Å². The Morgan fingerprint density at radius 3 is 2.88 bits per heavy atom. The number of nitrogens with zero attached hydrogens (tertiary/aromatic N) is 2. The standard InChI is InChI=1S/C19H16BrN3O2/c1-11-9-12(20)7-8-15(11)21-19(24)17-14-10-25-16-6-4-3-5-13(16)18(14)23(2)22-17/h3-9H,10H2,1-2H3,(H,21,24). The Labute approximate surface area is 153 Å². The highest BCUT2D eigenvalue weighted by Gasteiger charge is 2.28. The zero-order valence-electron chi connectivity index (χ0n) is 13.8. The highest BCUT2D eigenvalue weighted by molar-refractivity contribution is 9.10. The van der Waals surface area contributed by atoms with Crippen LogP contribution in [0.3, 0.4) is 0 Å². The van der Waals surface area contributed by atoms with Crippen LogP contribution in [0, 0.1) is 6.92 Å². The minimum atomic E-state index is -0.231. The normalized spacial score (nSPS) is 12.1. The van der Waals surface area contributed by atoms with Crippen molar-refractivity contribution in [3.05, 3.63) is 63.8 Å². The van der Waals surface area contributed by atoms with Crippen molar-refractivity contribution in [3.63, 3.8) is 0 Å². The van der Waals surface area contributed by atoms with Crippen molar-refractivity contribution >= 4 is 27.5 Å². The summed E-state index contributed by atoms with van der Waals surface area (Å²) >= 11 is 3.43. The second-order valence-corrected chi connectivity index (χ2v) is 6.91. The van der Waals surface area contributed by atoms with Crippen LogP contribution in [0.15, 0.2) is 46.9 Å². The molecule has 0 atom stereocenters. The zero-order valence-corrected chi connectivity index (χ0v) is 15.4. The molecular weight excluding hydrogens is 382 g/mol. The van der Waals surface area contributed by atoms with E-state index in [1.54, 1.807) is 4.68 Å². The monoisotopic (exact) mass is 397 g/mol. The molecule has 2 aromatic carbocycles. The molecule has 1 aliphatic heterocycles. The predicted octanol–water partition coefficient (Wildman–Crippen LogP) is 4.30. The van der Waals surface area contributed by atoms with Crippen molar-refractivity contribution in [1.82, 2.24) is 9.78 Å². The Morgan fingerprint density at radius 1 is 1.28 bits per heavy atom. The predicted molar refractivity (Wildman–Crippen MR) is 99.8 cm³/mol. The number of rotatable bonds is 2. The smallest absolute Gasteiger partial charge is 0.276 e. The van der Waals surface area contributed by atoms with Gasteiger partial charge in [0, 0.05) is 28.3 Å². The molecule has 25 heavy (non-hydrogen) atoms. The van der Waals surface area contributed by atoms with E-state index in [0.29, 0.717) is 12.3 Å². The van der Waals surface area contributed by atoms with E-state index in [9.17, 15) is 4.79 Å². The summed E-state index contributed by atoms with van der Waals surface area (Å²) in [6, 6.07) is 13.5. The van der Waals surface area contributed by atoms with E-state index in [2.05, 4.69) is 26.3 Å². The summed E-state index contributed by atoms with van der Waals surface area (Å²) in [4.78, 5) is 12.8. The van der Waals surface area contributed by atoms with Crippen molar-refractivity contribution in [2.45, 2.75) is 13.5 Å². The number of hydrogen-bond donors (Lipinski definition) is 1. The van der Waals surface area contributed by atoms with E-state index in [1.165, 1.54) is 0 Å². The number of nitrogens with one attached hydrogen (secondary N) is 1. The van der Waals surface area contributed by atoms with E-state index in [0.717, 1.165) is 38.3 Å². The number of aryl methyl sites for hydroxylation is 2. The molecule has 0 radical (unpaired) electrons. The number of carbonyl (C=O) groups excluding carboxylic acids is 1. The van der Waals surface area contributed by atoms with Gasteiger partial charge in [0.15, 0.2) is 5.69 Å². The molecule has 1 N–H and O–H groups in total. The lowest BCUT2D eigenvalue weighted by Gasteiger charge is -2.18. The molecule has 1 aliphatic rings. The summed E-state index contributed by atoms with van der Waals surface area (Å²) < 4.78 is 8.53. The second-order valence-electron chi connectivity index (χ2n) is 6.00. The maximum absolute atomic E-state index is 12.8. The Kier molecular flexibility index (Phi) is 3.84. The van der Waals surface area contributed by atoms with Gasteiger partial charge in [0.05, 0.1) is 5.69 Å². The number of halogens is 1. The molecule has 2 heterocycles. The molecule has 0 saturated carbocycles. The molecule has 0 unspecified atom stereocenters. The summed E-state index contributed by atoms with van der Waals surface area (Å²) in [6.07, 6.45) is 0. The molecule has 0 aliphatic carbocycles. The largest absolute Gasteiger partial charge is 0.488 e. The summed E-state index contributed by atoms with van der Waals surface area (Å²) in [5, 5.41) is 7.40. The first-order valence-corrected chi connectivity index (χ1v) is 8.69. The van der Waals surface area contributed by atoms with Crippen LogP contribution in [-0.2, 0) is 13.7 Å². The maximum Gasteiger partial charge on any atom is 0.276 e. The first-order valence-electron chi connectivity index (χ1n) is 7.90. The van der Waals surface area contributed by atoms with Crippen molar-refractivity contribution in [1.29, 1.82) is 0 Å². The highest BCUT2D eigenvalue weighted by Crippen LogP contribution is 2.38. The van der Waals surface area contributed by atoms with Crippen LogP contribution in [0.25, 0.3) is 11.3 Å². The van der Waals surface area contributed by atoms with Gasteiger partial charge in [-0.15, -0.1) is 0 Å². The zero-order chi connectivity index (χ0) is 17.6. The number of carbonyl (C=O) groups is 1. The molecule has 6 heteroatoms. The van der Waals surface area contributed by atoms with Gasteiger partial charge in [0.25, 0.3) is 5.91 Å². The Hall–Kier alpha value is -2.60. The molecule has 0 fully saturated rings. The van der Waals surface area contributed by atoms with Crippen LogP contribution in [0.2, 0.25) is 0 Å². The summed E-state index contributed by atoms with van der Waals surface area (Å²) in [5.41, 5.74) is 4.85. The molecule has 1 amide bonds. The van der Waals surface area contributed by atoms with E-state index >= 15 is 0 Å². The van der Waals surface area contributed by atoms with Gasteiger partial charge in [0.2, 0.25) is 0 Å². The quantitative estimate of drug-likeness (QED) is 0.700. The molecule has 5 nitrogen and oxygen atoms in total. The van der Waals surface area contributed by atoms with Crippen LogP contribution in [0.5, 0.6) is 5.75 Å². The van der Waals surface area contributed by atoms with E-state index in [-0.39, 0.29) is 5.91 Å². The summed E-state index contributed by atoms with van der Waals surface area (Å²) in [7, 11) is 1.85. The third kappa shape index (κ3) is 2.72. The summed E-state index contributed by atoms with van der Waals surface area (Å²) in [6.45, 7) is 2.29. The topological polar surface area (TPSA) is 56.2 Å². The lowest BCUT2D eigenvalue weighted by atomic mass is 10.0. The van der Waals surface area contributed by atoms with Gasteiger partial charge in [-0.1, -0.05) is 28.1 Å². The molecular formula is C19H16BrN3O2. The van der Waals surface area contributed by atoms with E-state index in [4.69, 9.17) is 4.74 Å². The number of anilines is 1. The summed E-state index contributed by atoms with van der Waals surface area (Å²) in [5.74, 6) is 0.582. The molecule has 0 spiro atoms. The van der Waals surface area contributed by atoms with Crippen LogP contribution in [0.1, 0.15) is 21.6 Å². The van der Waals surface area contributed by atoms with Crippen molar-refractivity contribution in [2.75, 3.05) is 5.32 Å².